The monoisotopic (exact) mass is 276 g/mol. The summed E-state index contributed by atoms with van der Waals surface area (Å²) in [6.45, 7) is 7.47. The number of rotatable bonds is 3. The molecule has 0 unspecified atom stereocenters. The molecule has 0 aliphatic carbocycles. The minimum atomic E-state index is 0.181. The molecule has 2 rings (SSSR count). The van der Waals surface area contributed by atoms with Crippen LogP contribution in [-0.4, -0.2) is 10.2 Å². The lowest BCUT2D eigenvalue weighted by atomic mass is 10.2. The van der Waals surface area contributed by atoms with Crippen LogP contribution in [0.2, 0.25) is 0 Å². The van der Waals surface area contributed by atoms with E-state index >= 15 is 0 Å². The average molecular weight is 276 g/mol. The fraction of sp³-hybridized carbons (Fsp3) is 0. The molecule has 0 saturated heterocycles. The van der Waals surface area contributed by atoms with E-state index < -0.39 is 0 Å². The summed E-state index contributed by atoms with van der Waals surface area (Å²) in [6.07, 6.45) is 0. The van der Waals surface area contributed by atoms with Gasteiger partial charge in [0.15, 0.2) is 0 Å². The maximum atomic E-state index is 9.83. The second-order valence-electron chi connectivity index (χ2n) is 3.69. The first kappa shape index (κ1) is 13.2. The quantitative estimate of drug-likeness (QED) is 0.822. The van der Waals surface area contributed by atoms with Gasteiger partial charge in [0.1, 0.15) is 11.5 Å². The molecule has 92 valence electrons. The van der Waals surface area contributed by atoms with Crippen molar-refractivity contribution < 1.29 is 10.2 Å². The van der Waals surface area contributed by atoms with Crippen LogP contribution in [0.3, 0.4) is 0 Å². The van der Waals surface area contributed by atoms with Crippen molar-refractivity contribution >= 4 is 21.6 Å². The van der Waals surface area contributed by atoms with E-state index in [1.54, 1.807) is 12.1 Å². The second-order valence-corrected chi connectivity index (χ2v) is 5.91. The minimum Gasteiger partial charge on any atom is -0.506 e. The lowest BCUT2D eigenvalue weighted by Gasteiger charge is -2.08. The standard InChI is InChI=1S/C14H12O2S2/c1-9-5-3-7-11(13(9)15)17-18-12-8-4-6-10(2)14(12)16/h3-8,15-16H,1-2H2. The Labute approximate surface area is 114 Å². The molecule has 0 aromatic heterocycles. The zero-order valence-corrected chi connectivity index (χ0v) is 11.2. The molecule has 0 heterocycles. The van der Waals surface area contributed by atoms with Gasteiger partial charge in [-0.1, -0.05) is 24.3 Å². The second kappa shape index (κ2) is 5.59. The van der Waals surface area contributed by atoms with Crippen molar-refractivity contribution in [3.05, 3.63) is 61.4 Å². The molecule has 0 amide bonds. The number of aromatic hydroxyl groups is 2. The van der Waals surface area contributed by atoms with Crippen LogP contribution in [0.15, 0.2) is 46.2 Å². The summed E-state index contributed by atoms with van der Waals surface area (Å²) in [6, 6.07) is 10.8. The Morgan fingerprint density at radius 1 is 0.722 bits per heavy atom. The number of phenolic OH excluding ortho intramolecular Hbond substituents is 2. The summed E-state index contributed by atoms with van der Waals surface area (Å²) >= 11 is 0. The summed E-state index contributed by atoms with van der Waals surface area (Å²) < 4.78 is 0. The SMILES string of the molecule is [CH2]c1cccc(SSc2cccc([CH2])c2O)c1O. The summed E-state index contributed by atoms with van der Waals surface area (Å²) in [7, 11) is 2.75. The van der Waals surface area contributed by atoms with E-state index in [9.17, 15) is 10.2 Å². The fourth-order valence-electron chi connectivity index (χ4n) is 1.36. The van der Waals surface area contributed by atoms with Gasteiger partial charge >= 0.3 is 0 Å². The Morgan fingerprint density at radius 3 is 1.50 bits per heavy atom. The van der Waals surface area contributed by atoms with E-state index in [1.165, 1.54) is 21.6 Å². The van der Waals surface area contributed by atoms with Gasteiger partial charge in [0, 0.05) is 0 Å². The van der Waals surface area contributed by atoms with Crippen molar-refractivity contribution in [1.29, 1.82) is 0 Å². The van der Waals surface area contributed by atoms with Gasteiger partial charge < -0.3 is 10.2 Å². The number of phenols is 2. The smallest absolute Gasteiger partial charge is 0.133 e. The number of para-hydroxylation sites is 2. The van der Waals surface area contributed by atoms with Crippen molar-refractivity contribution in [3.8, 4) is 11.5 Å². The molecule has 2 nitrogen and oxygen atoms in total. The largest absolute Gasteiger partial charge is 0.506 e. The Bertz CT molecular complexity index is 516. The first-order chi connectivity index (χ1) is 8.59. The molecule has 0 atom stereocenters. The number of hydrogen-bond acceptors (Lipinski definition) is 4. The van der Waals surface area contributed by atoms with Gasteiger partial charge in [-0.15, -0.1) is 0 Å². The van der Waals surface area contributed by atoms with Gasteiger partial charge in [0.05, 0.1) is 9.79 Å². The van der Waals surface area contributed by atoms with Gasteiger partial charge in [-0.2, -0.15) is 0 Å². The highest BCUT2D eigenvalue weighted by atomic mass is 33.1. The highest BCUT2D eigenvalue weighted by Crippen LogP contribution is 2.45. The van der Waals surface area contributed by atoms with Crippen molar-refractivity contribution in [2.75, 3.05) is 0 Å². The van der Waals surface area contributed by atoms with Crippen LogP contribution < -0.4 is 0 Å². The summed E-state index contributed by atoms with van der Waals surface area (Å²) in [4.78, 5) is 1.45. The van der Waals surface area contributed by atoms with Gasteiger partial charge in [0.2, 0.25) is 0 Å². The lowest BCUT2D eigenvalue weighted by Crippen LogP contribution is -1.79. The van der Waals surface area contributed by atoms with Crippen LogP contribution in [-0.2, 0) is 0 Å². The molecule has 4 heteroatoms. The van der Waals surface area contributed by atoms with Crippen molar-refractivity contribution in [2.45, 2.75) is 9.79 Å². The molecule has 2 radical (unpaired) electrons. The number of benzene rings is 2. The van der Waals surface area contributed by atoms with Crippen LogP contribution in [0.1, 0.15) is 11.1 Å². The molecule has 0 aliphatic rings. The van der Waals surface area contributed by atoms with E-state index in [4.69, 9.17) is 0 Å². The van der Waals surface area contributed by atoms with Crippen LogP contribution >= 0.6 is 21.6 Å². The van der Waals surface area contributed by atoms with Crippen molar-refractivity contribution in [2.24, 2.45) is 0 Å². The Balaban J connectivity index is 2.17. The molecule has 0 spiro atoms. The van der Waals surface area contributed by atoms with Gasteiger partial charge in [0.25, 0.3) is 0 Å². The van der Waals surface area contributed by atoms with E-state index in [-0.39, 0.29) is 11.5 Å². The Kier molecular flexibility index (Phi) is 4.09. The lowest BCUT2D eigenvalue weighted by molar-refractivity contribution is 0.459. The zero-order valence-electron chi connectivity index (χ0n) is 9.59. The molecule has 0 saturated carbocycles. The zero-order chi connectivity index (χ0) is 13.1. The molecule has 18 heavy (non-hydrogen) atoms. The highest BCUT2D eigenvalue weighted by Gasteiger charge is 2.08. The van der Waals surface area contributed by atoms with Gasteiger partial charge in [-0.3, -0.25) is 0 Å². The van der Waals surface area contributed by atoms with Gasteiger partial charge in [-0.25, -0.2) is 0 Å². The van der Waals surface area contributed by atoms with Crippen molar-refractivity contribution in [3.63, 3.8) is 0 Å². The molecule has 2 aromatic rings. The summed E-state index contributed by atoms with van der Waals surface area (Å²) in [5, 5.41) is 19.7. The summed E-state index contributed by atoms with van der Waals surface area (Å²) in [5.74, 6) is 0.362. The third-order valence-corrected chi connectivity index (χ3v) is 4.82. The number of hydrogen-bond donors (Lipinski definition) is 2. The van der Waals surface area contributed by atoms with Gasteiger partial charge in [-0.05, 0) is 58.7 Å². The van der Waals surface area contributed by atoms with E-state index in [0.29, 0.717) is 11.1 Å². The van der Waals surface area contributed by atoms with Crippen LogP contribution in [0.4, 0.5) is 0 Å². The maximum Gasteiger partial charge on any atom is 0.133 e. The highest BCUT2D eigenvalue weighted by molar-refractivity contribution is 8.76. The fourth-order valence-corrected chi connectivity index (χ4v) is 3.57. The van der Waals surface area contributed by atoms with Crippen molar-refractivity contribution in [1.82, 2.24) is 0 Å². The van der Waals surface area contributed by atoms with Crippen LogP contribution in [0.5, 0.6) is 11.5 Å². The first-order valence-corrected chi connectivity index (χ1v) is 7.37. The molecule has 0 bridgehead atoms. The van der Waals surface area contributed by atoms with E-state index in [1.807, 2.05) is 24.3 Å². The third kappa shape index (κ3) is 2.76. The third-order valence-electron chi connectivity index (χ3n) is 2.39. The molecule has 2 N–H and O–H groups in total. The average Bonchev–Trinajstić information content (AvgIpc) is 2.36. The Hall–Kier alpha value is -1.26. The van der Waals surface area contributed by atoms with Crippen LogP contribution in [0.25, 0.3) is 0 Å². The normalized spacial score (nSPS) is 10.6. The molecule has 2 aromatic carbocycles. The van der Waals surface area contributed by atoms with E-state index in [0.717, 1.165) is 9.79 Å². The molecular formula is C14H12O2S2. The topological polar surface area (TPSA) is 40.5 Å². The first-order valence-electron chi connectivity index (χ1n) is 5.22. The predicted molar refractivity (Wildman–Crippen MR) is 76.8 cm³/mol. The van der Waals surface area contributed by atoms with E-state index in [2.05, 4.69) is 13.8 Å². The Morgan fingerprint density at radius 2 is 1.11 bits per heavy atom. The minimum absolute atomic E-state index is 0.181. The molecular weight excluding hydrogens is 264 g/mol. The molecule has 0 aliphatic heterocycles. The maximum absolute atomic E-state index is 9.83. The predicted octanol–water partition coefficient (Wildman–Crippen LogP) is 4.26. The van der Waals surface area contributed by atoms with Crippen LogP contribution in [0, 0.1) is 13.8 Å². The molecule has 0 fully saturated rings. The summed E-state index contributed by atoms with van der Waals surface area (Å²) in [5.41, 5.74) is 1.19.